The van der Waals surface area contributed by atoms with Crippen LogP contribution in [0.15, 0.2) is 12.2 Å². The maximum absolute atomic E-state index is 11.9. The summed E-state index contributed by atoms with van der Waals surface area (Å²) in [5, 5.41) is 38.5. The van der Waals surface area contributed by atoms with E-state index in [9.17, 15) is 15.0 Å². The number of hydrogen-bond acceptors (Lipinski definition) is 6. The Bertz CT molecular complexity index is 440. The molecule has 1 saturated carbocycles. The molecule has 0 aromatic carbocycles. The minimum absolute atomic E-state index is 0.0550. The number of carbonyl (C=O) groups is 1. The summed E-state index contributed by atoms with van der Waals surface area (Å²) in [6, 6.07) is 0. The molecule has 0 aliphatic heterocycles. The molecule has 2 aliphatic rings. The summed E-state index contributed by atoms with van der Waals surface area (Å²) in [5.74, 6) is -4.12. The maximum atomic E-state index is 11.9. The molecule has 132 valence electrons. The van der Waals surface area contributed by atoms with Crippen molar-refractivity contribution in [1.29, 1.82) is 0 Å². The second-order valence-corrected chi connectivity index (χ2v) is 6.44. The smallest absolute Gasteiger partial charge is 0.310 e. The second-order valence-electron chi connectivity index (χ2n) is 6.44. The summed E-state index contributed by atoms with van der Waals surface area (Å²) in [6.45, 7) is 1.53. The van der Waals surface area contributed by atoms with Gasteiger partial charge < -0.3 is 29.9 Å². The first-order valence-electron chi connectivity index (χ1n) is 8.04. The monoisotopic (exact) mass is 330 g/mol. The van der Waals surface area contributed by atoms with Crippen LogP contribution in [0.2, 0.25) is 0 Å². The first-order valence-corrected chi connectivity index (χ1v) is 8.04. The van der Waals surface area contributed by atoms with Gasteiger partial charge in [-0.2, -0.15) is 0 Å². The fourth-order valence-electron chi connectivity index (χ4n) is 3.82. The Kier molecular flexibility index (Phi) is 5.80. The van der Waals surface area contributed by atoms with Crippen LogP contribution in [0.25, 0.3) is 0 Å². The Morgan fingerprint density at radius 3 is 2.26 bits per heavy atom. The maximum Gasteiger partial charge on any atom is 0.310 e. The summed E-state index contributed by atoms with van der Waals surface area (Å²) in [5.41, 5.74) is -1.19. The van der Waals surface area contributed by atoms with Gasteiger partial charge in [-0.1, -0.05) is 12.2 Å². The van der Waals surface area contributed by atoms with E-state index < -0.39 is 23.3 Å². The lowest BCUT2D eigenvalue weighted by Gasteiger charge is -2.44. The number of ether oxygens (including phenoxy) is 2. The Morgan fingerprint density at radius 2 is 1.78 bits per heavy atom. The molecule has 7 heteroatoms. The van der Waals surface area contributed by atoms with Gasteiger partial charge in [0.2, 0.25) is 0 Å². The van der Waals surface area contributed by atoms with Crippen molar-refractivity contribution >= 4 is 5.97 Å². The highest BCUT2D eigenvalue weighted by atomic mass is 16.8. The molecule has 2 rings (SSSR count). The first-order chi connectivity index (χ1) is 10.9. The zero-order chi connectivity index (χ0) is 17.1. The topological polar surface area (TPSA) is 116 Å². The number of hydrogen-bond donors (Lipinski definition) is 4. The van der Waals surface area contributed by atoms with Gasteiger partial charge in [-0.05, 0) is 38.0 Å². The molecule has 2 aliphatic carbocycles. The van der Waals surface area contributed by atoms with Crippen molar-refractivity contribution in [1.82, 2.24) is 0 Å². The average Bonchev–Trinajstić information content (AvgIpc) is 3.07. The zero-order valence-corrected chi connectivity index (χ0v) is 13.4. The van der Waals surface area contributed by atoms with Gasteiger partial charge >= 0.3 is 5.97 Å². The number of aliphatic hydroxyl groups is 3. The van der Waals surface area contributed by atoms with Crippen LogP contribution in [0, 0.1) is 23.2 Å². The molecule has 0 saturated heterocycles. The van der Waals surface area contributed by atoms with Gasteiger partial charge in [-0.25, -0.2) is 0 Å². The van der Waals surface area contributed by atoms with E-state index >= 15 is 0 Å². The van der Waals surface area contributed by atoms with Crippen molar-refractivity contribution in [2.45, 2.75) is 32.2 Å². The van der Waals surface area contributed by atoms with Crippen LogP contribution in [0.4, 0.5) is 0 Å². The number of aliphatic carboxylic acids is 1. The average molecular weight is 330 g/mol. The predicted molar refractivity (Wildman–Crippen MR) is 80.2 cm³/mol. The molecular weight excluding hydrogens is 304 g/mol. The molecule has 4 atom stereocenters. The molecule has 0 heterocycles. The summed E-state index contributed by atoms with van der Waals surface area (Å²) in [4.78, 5) is 11.9. The highest BCUT2D eigenvalue weighted by Crippen LogP contribution is 2.60. The van der Waals surface area contributed by atoms with Gasteiger partial charge in [0.1, 0.15) is 0 Å². The molecule has 0 amide bonds. The molecule has 2 bridgehead atoms. The number of allylic oxidation sites excluding steroid dienone is 2. The molecule has 7 nitrogen and oxygen atoms in total. The molecule has 4 N–H and O–H groups in total. The fraction of sp³-hybridized carbons (Fsp3) is 0.812. The van der Waals surface area contributed by atoms with E-state index in [-0.39, 0.29) is 38.3 Å². The Labute approximate surface area is 135 Å². The summed E-state index contributed by atoms with van der Waals surface area (Å²) < 4.78 is 11.0. The van der Waals surface area contributed by atoms with Gasteiger partial charge in [0, 0.05) is 13.2 Å². The Morgan fingerprint density at radius 1 is 1.22 bits per heavy atom. The van der Waals surface area contributed by atoms with Crippen LogP contribution in [0.3, 0.4) is 0 Å². The number of carboxylic acid groups (broad SMARTS) is 1. The van der Waals surface area contributed by atoms with E-state index in [2.05, 4.69) is 0 Å². The normalized spacial score (nSPS) is 32.6. The van der Waals surface area contributed by atoms with Crippen LogP contribution in [-0.2, 0) is 14.3 Å². The summed E-state index contributed by atoms with van der Waals surface area (Å²) in [7, 11) is 0. The van der Waals surface area contributed by atoms with Crippen LogP contribution in [0.5, 0.6) is 0 Å². The minimum atomic E-state index is -2.05. The SMILES string of the molecule is CC1(C(=O)O)C2C=CC(C2)C1C(O)(OCCCO)OCCCO. The van der Waals surface area contributed by atoms with Crippen molar-refractivity contribution in [2.75, 3.05) is 26.4 Å². The highest BCUT2D eigenvalue weighted by molar-refractivity contribution is 5.76. The largest absolute Gasteiger partial charge is 0.481 e. The zero-order valence-electron chi connectivity index (χ0n) is 13.4. The molecule has 23 heavy (non-hydrogen) atoms. The van der Waals surface area contributed by atoms with Crippen LogP contribution in [0.1, 0.15) is 26.2 Å². The lowest BCUT2D eigenvalue weighted by Crippen LogP contribution is -2.55. The molecule has 0 spiro atoms. The van der Waals surface area contributed by atoms with E-state index in [0.29, 0.717) is 19.3 Å². The van der Waals surface area contributed by atoms with E-state index in [4.69, 9.17) is 19.7 Å². The van der Waals surface area contributed by atoms with Crippen LogP contribution < -0.4 is 0 Å². The molecular formula is C16H26O7. The van der Waals surface area contributed by atoms with Gasteiger partial charge in [-0.15, -0.1) is 0 Å². The number of fused-ring (bicyclic) bond motifs is 2. The van der Waals surface area contributed by atoms with Crippen LogP contribution in [-0.4, -0.2) is 58.8 Å². The van der Waals surface area contributed by atoms with Gasteiger partial charge in [0.05, 0.1) is 24.5 Å². The van der Waals surface area contributed by atoms with E-state index in [1.54, 1.807) is 6.92 Å². The standard InChI is InChI=1S/C16H26O7/c1-15(14(19)20)12-5-4-11(10-12)13(15)16(21,22-8-2-6-17)23-9-3-7-18/h4-5,11-13,17-18,21H,2-3,6-10H2,1H3,(H,19,20). The molecule has 1 fully saturated rings. The van der Waals surface area contributed by atoms with E-state index in [0.717, 1.165) is 0 Å². The minimum Gasteiger partial charge on any atom is -0.481 e. The summed E-state index contributed by atoms with van der Waals surface area (Å²) in [6.07, 6.45) is 5.06. The van der Waals surface area contributed by atoms with E-state index in [1.165, 1.54) is 0 Å². The van der Waals surface area contributed by atoms with Crippen molar-refractivity contribution in [3.63, 3.8) is 0 Å². The number of rotatable bonds is 10. The fourth-order valence-corrected chi connectivity index (χ4v) is 3.82. The lowest BCUT2D eigenvalue weighted by molar-refractivity contribution is -0.400. The van der Waals surface area contributed by atoms with Crippen molar-refractivity contribution in [3.05, 3.63) is 12.2 Å². The van der Waals surface area contributed by atoms with Gasteiger partial charge in [0.25, 0.3) is 5.97 Å². The van der Waals surface area contributed by atoms with Gasteiger partial charge in [-0.3, -0.25) is 4.79 Å². The quantitative estimate of drug-likeness (QED) is 0.259. The van der Waals surface area contributed by atoms with Crippen molar-refractivity contribution in [2.24, 2.45) is 23.2 Å². The lowest BCUT2D eigenvalue weighted by atomic mass is 9.68. The molecule has 0 aromatic rings. The molecule has 4 unspecified atom stereocenters. The van der Waals surface area contributed by atoms with Gasteiger partial charge in [0.15, 0.2) is 0 Å². The third-order valence-corrected chi connectivity index (χ3v) is 5.04. The van der Waals surface area contributed by atoms with Crippen LogP contribution >= 0.6 is 0 Å². The molecule has 0 aromatic heterocycles. The first kappa shape index (κ1) is 18.4. The number of aliphatic hydroxyl groups excluding tert-OH is 2. The van der Waals surface area contributed by atoms with Crippen molar-refractivity contribution < 1.29 is 34.7 Å². The summed E-state index contributed by atoms with van der Waals surface area (Å²) >= 11 is 0. The predicted octanol–water partition coefficient (Wildman–Crippen LogP) is 0.343. The highest BCUT2D eigenvalue weighted by Gasteiger charge is 2.66. The molecule has 0 radical (unpaired) electrons. The second kappa shape index (κ2) is 7.27. The number of carboxylic acids is 1. The Hall–Kier alpha value is -0.990. The third-order valence-electron chi connectivity index (χ3n) is 5.04. The van der Waals surface area contributed by atoms with E-state index in [1.807, 2.05) is 12.2 Å². The third kappa shape index (κ3) is 3.29. The van der Waals surface area contributed by atoms with Crippen molar-refractivity contribution in [3.8, 4) is 0 Å². The Balaban J connectivity index is 2.25.